The van der Waals surface area contributed by atoms with Crippen LogP contribution in [0.5, 0.6) is 11.5 Å². The Morgan fingerprint density at radius 2 is 1.71 bits per heavy atom. The van der Waals surface area contributed by atoms with E-state index in [1.54, 1.807) is 19.1 Å². The van der Waals surface area contributed by atoms with E-state index in [1.807, 2.05) is 54.6 Å². The molecule has 38 heavy (non-hydrogen) atoms. The van der Waals surface area contributed by atoms with Gasteiger partial charge in [0.05, 0.1) is 17.8 Å². The van der Waals surface area contributed by atoms with Crippen molar-refractivity contribution in [1.29, 1.82) is 0 Å². The molecule has 3 aromatic carbocycles. The van der Waals surface area contributed by atoms with Gasteiger partial charge in [0.2, 0.25) is 0 Å². The van der Waals surface area contributed by atoms with Crippen molar-refractivity contribution in [2.75, 3.05) is 6.61 Å². The van der Waals surface area contributed by atoms with Crippen LogP contribution >= 0.6 is 23.2 Å². The van der Waals surface area contributed by atoms with Gasteiger partial charge in [-0.05, 0) is 54.3 Å². The number of nitrogens with zero attached hydrogens (tertiary/aromatic N) is 1. The van der Waals surface area contributed by atoms with Gasteiger partial charge in [0.1, 0.15) is 17.5 Å². The van der Waals surface area contributed by atoms with Crippen molar-refractivity contribution >= 4 is 41.2 Å². The first kappa shape index (κ1) is 29.0. The molecule has 200 valence electrons. The summed E-state index contributed by atoms with van der Waals surface area (Å²) in [5.41, 5.74) is 4.17. The summed E-state index contributed by atoms with van der Waals surface area (Å²) in [6, 6.07) is 20.6. The Morgan fingerprint density at radius 1 is 0.947 bits per heavy atom. The molecule has 0 saturated heterocycles. The predicted octanol–water partition coefficient (Wildman–Crippen LogP) is 5.67. The Bertz CT molecular complexity index is 1250. The molecule has 0 spiro atoms. The quantitative estimate of drug-likeness (QED) is 0.222. The number of halogens is 2. The molecule has 7 nitrogen and oxygen atoms in total. The number of carbonyl (C=O) groups is 2. The van der Waals surface area contributed by atoms with E-state index in [0.717, 1.165) is 16.9 Å². The summed E-state index contributed by atoms with van der Waals surface area (Å²) in [7, 11) is 0. The van der Waals surface area contributed by atoms with Crippen molar-refractivity contribution in [2.45, 2.75) is 39.3 Å². The zero-order valence-electron chi connectivity index (χ0n) is 21.5. The Balaban J connectivity index is 1.66. The first-order valence-corrected chi connectivity index (χ1v) is 13.0. The summed E-state index contributed by atoms with van der Waals surface area (Å²) in [4.78, 5) is 26.0. The number of nitrogens with one attached hydrogen (secondary N) is 2. The van der Waals surface area contributed by atoms with Crippen molar-refractivity contribution in [2.24, 2.45) is 11.0 Å². The highest BCUT2D eigenvalue weighted by Gasteiger charge is 2.25. The number of carbonyl (C=O) groups excluding carboxylic acids is 2. The van der Waals surface area contributed by atoms with E-state index >= 15 is 0 Å². The lowest BCUT2D eigenvalue weighted by atomic mass is 10.1. The number of amides is 2. The SMILES string of the molecule is CC(C)COc1cccc(/C=N\NC(=O)[C@@H](Cc2ccccc2)NC(=O)[C@@H](C)Oc2ccc(Cl)cc2Cl)c1. The van der Waals surface area contributed by atoms with Gasteiger partial charge in [-0.25, -0.2) is 5.43 Å². The first-order chi connectivity index (χ1) is 18.2. The highest BCUT2D eigenvalue weighted by Crippen LogP contribution is 2.28. The average Bonchev–Trinajstić information content (AvgIpc) is 2.89. The van der Waals surface area contributed by atoms with Crippen LogP contribution in [0.15, 0.2) is 77.9 Å². The summed E-state index contributed by atoms with van der Waals surface area (Å²) >= 11 is 12.1. The maximum absolute atomic E-state index is 13.0. The van der Waals surface area contributed by atoms with Gasteiger partial charge in [-0.3, -0.25) is 9.59 Å². The van der Waals surface area contributed by atoms with Crippen molar-refractivity contribution < 1.29 is 19.1 Å². The summed E-state index contributed by atoms with van der Waals surface area (Å²) in [6.45, 7) is 6.32. The molecule has 3 aromatic rings. The van der Waals surface area contributed by atoms with Crippen LogP contribution in [0.25, 0.3) is 0 Å². The molecular formula is C29H31Cl2N3O4. The fraction of sp³-hybridized carbons (Fsp3) is 0.276. The normalized spacial score (nSPS) is 12.7. The Hall–Kier alpha value is -3.55. The molecule has 2 N–H and O–H groups in total. The third-order valence-electron chi connectivity index (χ3n) is 5.31. The zero-order chi connectivity index (χ0) is 27.5. The maximum Gasteiger partial charge on any atom is 0.262 e. The molecular weight excluding hydrogens is 525 g/mol. The van der Waals surface area contributed by atoms with Gasteiger partial charge in [-0.2, -0.15) is 5.10 Å². The second-order valence-electron chi connectivity index (χ2n) is 9.10. The lowest BCUT2D eigenvalue weighted by molar-refractivity contribution is -0.132. The Kier molecular flexibility index (Phi) is 11.0. The minimum Gasteiger partial charge on any atom is -0.493 e. The monoisotopic (exact) mass is 555 g/mol. The minimum atomic E-state index is -0.920. The largest absolute Gasteiger partial charge is 0.493 e. The third kappa shape index (κ3) is 9.39. The first-order valence-electron chi connectivity index (χ1n) is 12.2. The standard InChI is InChI=1S/C29H31Cl2N3O4/c1-19(2)18-37-24-11-7-10-22(14-24)17-32-34-29(36)26(15-21-8-5-4-6-9-21)33-28(35)20(3)38-27-13-12-23(30)16-25(27)31/h4-14,16-17,19-20,26H,15,18H2,1-3H3,(H,33,35)(H,34,36)/b32-17-/t20-,26-/m1/s1. The number of hydrazone groups is 1. The molecule has 0 aromatic heterocycles. The van der Waals surface area contributed by atoms with Crippen LogP contribution in [0, 0.1) is 5.92 Å². The topological polar surface area (TPSA) is 89.0 Å². The number of hydrogen-bond donors (Lipinski definition) is 2. The highest BCUT2D eigenvalue weighted by atomic mass is 35.5. The smallest absolute Gasteiger partial charge is 0.262 e. The summed E-state index contributed by atoms with van der Waals surface area (Å²) in [5.74, 6) is 0.484. The molecule has 2 amide bonds. The fourth-order valence-electron chi connectivity index (χ4n) is 3.36. The van der Waals surface area contributed by atoms with Crippen LogP contribution in [0.2, 0.25) is 10.0 Å². The van der Waals surface area contributed by atoms with Crippen molar-refractivity contribution in [3.63, 3.8) is 0 Å². The molecule has 0 aliphatic heterocycles. The molecule has 0 unspecified atom stereocenters. The predicted molar refractivity (Wildman–Crippen MR) is 151 cm³/mol. The lowest BCUT2D eigenvalue weighted by Crippen LogP contribution is -2.50. The second kappa shape index (κ2) is 14.4. The van der Waals surface area contributed by atoms with Gasteiger partial charge in [0, 0.05) is 11.4 Å². The number of benzene rings is 3. The van der Waals surface area contributed by atoms with E-state index in [2.05, 4.69) is 29.7 Å². The van der Waals surface area contributed by atoms with E-state index in [9.17, 15) is 9.59 Å². The molecule has 2 atom stereocenters. The molecule has 0 radical (unpaired) electrons. The third-order valence-corrected chi connectivity index (χ3v) is 5.84. The van der Waals surface area contributed by atoms with Gasteiger partial charge in [-0.1, -0.05) is 79.5 Å². The number of rotatable bonds is 12. The molecule has 9 heteroatoms. The summed E-state index contributed by atoms with van der Waals surface area (Å²) in [5, 5.41) is 7.58. The van der Waals surface area contributed by atoms with Crippen LogP contribution in [0.4, 0.5) is 0 Å². The number of ether oxygens (including phenoxy) is 2. The van der Waals surface area contributed by atoms with Crippen LogP contribution in [-0.2, 0) is 16.0 Å². The fourth-order valence-corrected chi connectivity index (χ4v) is 3.81. The van der Waals surface area contributed by atoms with Crippen molar-refractivity contribution in [3.8, 4) is 11.5 Å². The highest BCUT2D eigenvalue weighted by molar-refractivity contribution is 6.35. The van der Waals surface area contributed by atoms with Gasteiger partial charge in [-0.15, -0.1) is 0 Å². The lowest BCUT2D eigenvalue weighted by Gasteiger charge is -2.21. The van der Waals surface area contributed by atoms with Crippen LogP contribution < -0.4 is 20.2 Å². The van der Waals surface area contributed by atoms with Gasteiger partial charge in [0.15, 0.2) is 6.10 Å². The van der Waals surface area contributed by atoms with Crippen LogP contribution in [0.1, 0.15) is 31.9 Å². The van der Waals surface area contributed by atoms with E-state index in [1.165, 1.54) is 12.3 Å². The minimum absolute atomic E-state index is 0.265. The number of hydrogen-bond acceptors (Lipinski definition) is 5. The maximum atomic E-state index is 13.0. The summed E-state index contributed by atoms with van der Waals surface area (Å²) in [6.07, 6.45) is 0.869. The zero-order valence-corrected chi connectivity index (χ0v) is 23.0. The van der Waals surface area contributed by atoms with Gasteiger partial charge in [0.25, 0.3) is 11.8 Å². The molecule has 0 aliphatic carbocycles. The summed E-state index contributed by atoms with van der Waals surface area (Å²) < 4.78 is 11.4. The van der Waals surface area contributed by atoms with E-state index in [-0.39, 0.29) is 11.4 Å². The average molecular weight is 556 g/mol. The molecule has 0 fully saturated rings. The van der Waals surface area contributed by atoms with Gasteiger partial charge >= 0.3 is 0 Å². The van der Waals surface area contributed by atoms with Gasteiger partial charge < -0.3 is 14.8 Å². The van der Waals surface area contributed by atoms with E-state index in [0.29, 0.717) is 23.3 Å². The van der Waals surface area contributed by atoms with E-state index < -0.39 is 24.0 Å². The van der Waals surface area contributed by atoms with Crippen molar-refractivity contribution in [1.82, 2.24) is 10.7 Å². The molecule has 0 bridgehead atoms. The Labute approximate surface area is 233 Å². The van der Waals surface area contributed by atoms with E-state index in [4.69, 9.17) is 32.7 Å². The molecule has 0 saturated carbocycles. The Morgan fingerprint density at radius 3 is 2.42 bits per heavy atom. The second-order valence-corrected chi connectivity index (χ2v) is 9.94. The van der Waals surface area contributed by atoms with Crippen molar-refractivity contribution in [3.05, 3.63) is 94.0 Å². The molecule has 0 heterocycles. The van der Waals surface area contributed by atoms with Crippen LogP contribution in [-0.4, -0.2) is 36.8 Å². The van der Waals surface area contributed by atoms with Crippen LogP contribution in [0.3, 0.4) is 0 Å². The molecule has 0 aliphatic rings. The molecule has 3 rings (SSSR count).